The van der Waals surface area contributed by atoms with Gasteiger partial charge in [-0.1, -0.05) is 6.07 Å². The second-order valence-electron chi connectivity index (χ2n) is 5.70. The van der Waals surface area contributed by atoms with Crippen molar-refractivity contribution in [3.8, 4) is 0 Å². The molecule has 3 rings (SSSR count). The molecule has 0 radical (unpaired) electrons. The van der Waals surface area contributed by atoms with Crippen LogP contribution in [0.3, 0.4) is 0 Å². The first-order valence-corrected chi connectivity index (χ1v) is 7.12. The van der Waals surface area contributed by atoms with E-state index in [4.69, 9.17) is 0 Å². The second kappa shape index (κ2) is 5.52. The largest absolute Gasteiger partial charge is 0.447 e. The lowest BCUT2D eigenvalue weighted by molar-refractivity contribution is -0.357. The highest BCUT2D eigenvalue weighted by Crippen LogP contribution is 2.43. The Morgan fingerprint density at radius 1 is 0.885 bits per heavy atom. The maximum atomic E-state index is 13.4. The number of halogens is 6. The van der Waals surface area contributed by atoms with Crippen LogP contribution in [0.4, 0.5) is 26.3 Å². The molecule has 0 aliphatic rings. The molecule has 0 atom stereocenters. The summed E-state index contributed by atoms with van der Waals surface area (Å²) in [4.78, 5) is 7.77. The van der Waals surface area contributed by atoms with Gasteiger partial charge in [0.1, 0.15) is 0 Å². The van der Waals surface area contributed by atoms with Crippen molar-refractivity contribution in [3.63, 3.8) is 0 Å². The van der Waals surface area contributed by atoms with Crippen molar-refractivity contribution in [3.05, 3.63) is 47.3 Å². The molecular weight excluding hydrogens is 366 g/mol. The summed E-state index contributed by atoms with van der Waals surface area (Å²) in [5, 5.41) is 18.2. The van der Waals surface area contributed by atoms with Gasteiger partial charge in [0, 0.05) is 28.2 Å². The second-order valence-corrected chi connectivity index (χ2v) is 5.70. The lowest BCUT2D eigenvalue weighted by atomic mass is 9.94. The van der Waals surface area contributed by atoms with E-state index in [9.17, 15) is 36.6 Å². The van der Waals surface area contributed by atoms with E-state index >= 15 is 0 Å². The van der Waals surface area contributed by atoms with E-state index in [2.05, 4.69) is 9.97 Å². The number of fused-ring (bicyclic) bond motifs is 3. The van der Waals surface area contributed by atoms with Gasteiger partial charge >= 0.3 is 12.4 Å². The van der Waals surface area contributed by atoms with Gasteiger partial charge in [-0.3, -0.25) is 9.97 Å². The molecule has 0 bridgehead atoms. The maximum absolute atomic E-state index is 13.4. The normalized spacial score (nSPS) is 13.6. The van der Waals surface area contributed by atoms with Gasteiger partial charge in [0.2, 0.25) is 0 Å². The third kappa shape index (κ3) is 2.74. The molecule has 138 valence electrons. The van der Waals surface area contributed by atoms with E-state index in [1.54, 1.807) is 0 Å². The molecule has 0 saturated heterocycles. The van der Waals surface area contributed by atoms with E-state index in [1.165, 1.54) is 13.0 Å². The van der Waals surface area contributed by atoms with Crippen molar-refractivity contribution < 1.29 is 36.6 Å². The van der Waals surface area contributed by atoms with Gasteiger partial charge in [0.25, 0.3) is 5.79 Å². The monoisotopic (exact) mass is 376 g/mol. The minimum absolute atomic E-state index is 0.0143. The predicted molar refractivity (Wildman–Crippen MR) is 79.0 cm³/mol. The highest BCUT2D eigenvalue weighted by molar-refractivity contribution is 6.06. The zero-order valence-electron chi connectivity index (χ0n) is 12.9. The summed E-state index contributed by atoms with van der Waals surface area (Å²) in [5.74, 6) is -4.36. The Labute approximate surface area is 141 Å². The van der Waals surface area contributed by atoms with Gasteiger partial charge in [-0.25, -0.2) is 0 Å². The number of benzene rings is 1. The van der Waals surface area contributed by atoms with Crippen LogP contribution in [0, 0.1) is 6.92 Å². The number of aliphatic hydroxyl groups is 2. The van der Waals surface area contributed by atoms with Crippen LogP contribution in [0.25, 0.3) is 21.8 Å². The zero-order chi connectivity index (χ0) is 19.5. The number of hydrogen-bond donors (Lipinski definition) is 2. The number of pyridine rings is 2. The summed E-state index contributed by atoms with van der Waals surface area (Å²) in [6, 6.07) is 3.44. The van der Waals surface area contributed by atoms with Crippen LogP contribution in [-0.2, 0) is 12.0 Å². The summed E-state index contributed by atoms with van der Waals surface area (Å²) < 4.78 is 79.4. The Balaban J connectivity index is 2.56. The van der Waals surface area contributed by atoms with Crippen LogP contribution < -0.4 is 0 Å². The Morgan fingerprint density at radius 2 is 1.54 bits per heavy atom. The van der Waals surface area contributed by atoms with Crippen molar-refractivity contribution in [1.29, 1.82) is 0 Å². The van der Waals surface area contributed by atoms with Crippen LogP contribution in [0.2, 0.25) is 0 Å². The van der Waals surface area contributed by atoms with Gasteiger partial charge in [0.05, 0.1) is 16.6 Å². The third-order valence-electron chi connectivity index (χ3n) is 3.87. The molecule has 10 heteroatoms. The average molecular weight is 376 g/mol. The Kier molecular flexibility index (Phi) is 3.89. The van der Waals surface area contributed by atoms with Crippen LogP contribution in [0.1, 0.15) is 16.8 Å². The number of hydrogen-bond acceptors (Lipinski definition) is 4. The van der Waals surface area contributed by atoms with Gasteiger partial charge in [-0.05, 0) is 25.1 Å². The lowest BCUT2D eigenvalue weighted by Crippen LogP contribution is -2.42. The molecule has 2 aromatic heterocycles. The summed E-state index contributed by atoms with van der Waals surface area (Å²) in [7, 11) is 0. The van der Waals surface area contributed by atoms with Crippen LogP contribution in [0.5, 0.6) is 0 Å². The molecule has 3 aromatic rings. The van der Waals surface area contributed by atoms with E-state index in [1.807, 2.05) is 0 Å². The van der Waals surface area contributed by atoms with Crippen molar-refractivity contribution in [1.82, 2.24) is 9.97 Å². The van der Waals surface area contributed by atoms with E-state index < -0.39 is 34.7 Å². The molecular formula is C16H10F6N2O2. The highest BCUT2D eigenvalue weighted by Gasteiger charge is 2.55. The van der Waals surface area contributed by atoms with Gasteiger partial charge in [-0.2, -0.15) is 26.3 Å². The SMILES string of the molecule is Cc1cc(C(F)(F)F)c2cc(C(O)(O)C(F)(F)F)c3cccnc3c2n1. The molecule has 0 unspecified atom stereocenters. The minimum Gasteiger partial charge on any atom is -0.355 e. The maximum Gasteiger partial charge on any atom is 0.447 e. The van der Waals surface area contributed by atoms with Gasteiger partial charge in [0.15, 0.2) is 0 Å². The molecule has 2 N–H and O–H groups in total. The van der Waals surface area contributed by atoms with Crippen molar-refractivity contribution in [2.24, 2.45) is 0 Å². The zero-order valence-corrected chi connectivity index (χ0v) is 12.9. The summed E-state index contributed by atoms with van der Waals surface area (Å²) >= 11 is 0. The van der Waals surface area contributed by atoms with Crippen LogP contribution in [-0.4, -0.2) is 26.4 Å². The number of aromatic nitrogens is 2. The lowest BCUT2D eigenvalue weighted by Gasteiger charge is -2.26. The number of rotatable bonds is 1. The topological polar surface area (TPSA) is 66.2 Å². The van der Waals surface area contributed by atoms with Crippen molar-refractivity contribution in [2.45, 2.75) is 25.1 Å². The Hall–Kier alpha value is -2.46. The molecule has 0 amide bonds. The van der Waals surface area contributed by atoms with E-state index in [0.29, 0.717) is 12.1 Å². The first-order valence-electron chi connectivity index (χ1n) is 7.12. The molecule has 0 fully saturated rings. The van der Waals surface area contributed by atoms with E-state index in [-0.39, 0.29) is 22.1 Å². The molecule has 0 aliphatic heterocycles. The smallest absolute Gasteiger partial charge is 0.355 e. The first kappa shape index (κ1) is 18.3. The molecule has 2 heterocycles. The standard InChI is InChI=1S/C16H10F6N2O2/c1-7-5-11(15(17,18)19)9-6-10(14(25,26)16(20,21)22)8-3-2-4-23-12(8)13(9)24-7/h2-6,25-26H,1H3. The predicted octanol–water partition coefficient (Wildman–Crippen LogP) is 3.81. The third-order valence-corrected chi connectivity index (χ3v) is 3.87. The minimum atomic E-state index is -5.54. The van der Waals surface area contributed by atoms with Crippen molar-refractivity contribution >= 4 is 21.8 Å². The summed E-state index contributed by atoms with van der Waals surface area (Å²) in [5.41, 5.74) is -3.00. The van der Waals surface area contributed by atoms with Crippen LogP contribution in [0.15, 0.2) is 30.5 Å². The first-order chi connectivity index (χ1) is 11.8. The number of aryl methyl sites for hydroxylation is 1. The molecule has 4 nitrogen and oxygen atoms in total. The van der Waals surface area contributed by atoms with Gasteiger partial charge < -0.3 is 10.2 Å². The molecule has 0 saturated carbocycles. The molecule has 26 heavy (non-hydrogen) atoms. The fourth-order valence-electron chi connectivity index (χ4n) is 2.72. The molecule has 0 spiro atoms. The summed E-state index contributed by atoms with van der Waals surface area (Å²) in [6.07, 6.45) is -9.27. The summed E-state index contributed by atoms with van der Waals surface area (Å²) in [6.45, 7) is 1.30. The quantitative estimate of drug-likeness (QED) is 0.385. The van der Waals surface area contributed by atoms with Crippen molar-refractivity contribution in [2.75, 3.05) is 0 Å². The molecule has 1 aromatic carbocycles. The Morgan fingerprint density at radius 3 is 2.12 bits per heavy atom. The Bertz CT molecular complexity index is 1010. The van der Waals surface area contributed by atoms with E-state index in [0.717, 1.165) is 12.3 Å². The fourth-order valence-corrected chi connectivity index (χ4v) is 2.72. The molecule has 0 aliphatic carbocycles. The number of alkyl halides is 6. The van der Waals surface area contributed by atoms with Gasteiger partial charge in [-0.15, -0.1) is 0 Å². The average Bonchev–Trinajstić information content (AvgIpc) is 2.51. The highest BCUT2D eigenvalue weighted by atomic mass is 19.4. The van der Waals surface area contributed by atoms with Crippen LogP contribution >= 0.6 is 0 Å². The fraction of sp³-hybridized carbons (Fsp3) is 0.250. The number of nitrogens with zero attached hydrogens (tertiary/aromatic N) is 2.